The van der Waals surface area contributed by atoms with E-state index in [-0.39, 0.29) is 11.5 Å². The van der Waals surface area contributed by atoms with Crippen LogP contribution in [0.4, 0.5) is 5.69 Å². The van der Waals surface area contributed by atoms with Crippen LogP contribution in [0.5, 0.6) is 0 Å². The van der Waals surface area contributed by atoms with Crippen LogP contribution < -0.4 is 5.32 Å². The Balaban J connectivity index is 1.59. The van der Waals surface area contributed by atoms with E-state index in [1.807, 2.05) is 18.2 Å². The predicted octanol–water partition coefficient (Wildman–Crippen LogP) is 3.92. The van der Waals surface area contributed by atoms with Crippen LogP contribution >= 0.6 is 11.3 Å². The summed E-state index contributed by atoms with van der Waals surface area (Å²) in [5.41, 5.74) is 1.41. The van der Waals surface area contributed by atoms with Crippen molar-refractivity contribution < 1.29 is 27.5 Å². The highest BCUT2D eigenvalue weighted by atomic mass is 32.2. The zero-order chi connectivity index (χ0) is 22.1. The molecule has 0 saturated carbocycles. The number of sulfone groups is 1. The van der Waals surface area contributed by atoms with Crippen molar-refractivity contribution in [3.05, 3.63) is 59.6 Å². The third-order valence-corrected chi connectivity index (χ3v) is 9.47. The van der Waals surface area contributed by atoms with Crippen molar-refractivity contribution in [3.8, 4) is 10.4 Å². The number of amides is 1. The van der Waals surface area contributed by atoms with Gasteiger partial charge in [0, 0.05) is 15.4 Å². The molecule has 1 saturated heterocycles. The highest BCUT2D eigenvalue weighted by molar-refractivity contribution is 7.92. The van der Waals surface area contributed by atoms with Crippen LogP contribution in [-0.4, -0.2) is 36.1 Å². The van der Waals surface area contributed by atoms with E-state index in [1.54, 1.807) is 18.2 Å². The Bertz CT molecular complexity index is 1200. The molecular weight excluding hydrogens is 440 g/mol. The monoisotopic (exact) mass is 460 g/mol. The normalized spacial score (nSPS) is 20.3. The number of carbonyl (C=O) groups is 2. The smallest absolute Gasteiger partial charge is 0.305 e. The van der Waals surface area contributed by atoms with Gasteiger partial charge >= 0.3 is 5.97 Å². The summed E-state index contributed by atoms with van der Waals surface area (Å²) < 4.78 is 29.4. The molecule has 0 unspecified atom stereocenters. The van der Waals surface area contributed by atoms with Gasteiger partial charge in [0.2, 0.25) is 5.76 Å². The number of anilines is 1. The fourth-order valence-electron chi connectivity index (χ4n) is 3.84. The van der Waals surface area contributed by atoms with Gasteiger partial charge in [-0.3, -0.25) is 9.59 Å². The average Bonchev–Trinajstić information content (AvgIpc) is 3.42. The molecule has 1 atom stereocenters. The van der Waals surface area contributed by atoms with Gasteiger partial charge in [0.15, 0.2) is 16.2 Å². The molecule has 3 heterocycles. The van der Waals surface area contributed by atoms with Gasteiger partial charge in [-0.05, 0) is 42.7 Å². The number of aliphatic carboxylic acids is 1. The van der Waals surface area contributed by atoms with E-state index in [0.29, 0.717) is 29.8 Å². The Morgan fingerprint density at radius 1 is 1.16 bits per heavy atom. The summed E-state index contributed by atoms with van der Waals surface area (Å²) in [6.07, 6.45) is 3.62. The Labute approximate surface area is 182 Å². The second kappa shape index (κ2) is 8.27. The predicted molar refractivity (Wildman–Crippen MR) is 116 cm³/mol. The Morgan fingerprint density at radius 3 is 2.58 bits per heavy atom. The van der Waals surface area contributed by atoms with E-state index in [2.05, 4.69) is 10.3 Å². The molecule has 1 aliphatic rings. The highest BCUT2D eigenvalue weighted by Crippen LogP contribution is 2.47. The number of nitrogens with one attached hydrogen (secondary N) is 1. The first-order valence-electron chi connectivity index (χ1n) is 9.65. The van der Waals surface area contributed by atoms with Crippen LogP contribution in [-0.2, 0) is 19.4 Å². The molecule has 1 amide bonds. The lowest BCUT2D eigenvalue weighted by Gasteiger charge is -2.34. The number of benzene rings is 1. The number of carboxylic acids is 1. The molecule has 3 aromatic rings. The second-order valence-electron chi connectivity index (χ2n) is 7.40. The second-order valence-corrected chi connectivity index (χ2v) is 10.9. The van der Waals surface area contributed by atoms with Gasteiger partial charge in [-0.2, -0.15) is 0 Å². The summed E-state index contributed by atoms with van der Waals surface area (Å²) in [7, 11) is -3.58. The molecule has 4 rings (SSSR count). The molecule has 1 aliphatic heterocycles. The van der Waals surface area contributed by atoms with Gasteiger partial charge in [-0.15, -0.1) is 11.3 Å². The van der Waals surface area contributed by atoms with Crippen LogP contribution in [0, 0.1) is 0 Å². The average molecular weight is 461 g/mol. The molecule has 0 spiro atoms. The van der Waals surface area contributed by atoms with E-state index in [0.717, 1.165) is 10.4 Å². The van der Waals surface area contributed by atoms with Crippen LogP contribution in [0.15, 0.2) is 53.4 Å². The summed E-state index contributed by atoms with van der Waals surface area (Å²) >= 11 is 1.30. The summed E-state index contributed by atoms with van der Waals surface area (Å²) in [6.45, 7) is 0. The lowest BCUT2D eigenvalue weighted by molar-refractivity contribution is -0.137. The van der Waals surface area contributed by atoms with Crippen molar-refractivity contribution in [2.45, 2.75) is 30.4 Å². The van der Waals surface area contributed by atoms with Gasteiger partial charge in [-0.1, -0.05) is 18.6 Å². The summed E-state index contributed by atoms with van der Waals surface area (Å²) in [6, 6.07) is 10.6. The number of aromatic nitrogens is 1. The maximum absolute atomic E-state index is 12.9. The lowest BCUT2D eigenvalue weighted by atomic mass is 9.95. The highest BCUT2D eigenvalue weighted by Gasteiger charge is 2.49. The number of hydrogen-bond donors (Lipinski definition) is 2. The lowest BCUT2D eigenvalue weighted by Crippen LogP contribution is -2.41. The van der Waals surface area contributed by atoms with Crippen LogP contribution in [0.25, 0.3) is 10.4 Å². The standard InChI is InChI=1S/C21H20N2O6S2/c24-19(25)11-21(9-1-2-10-31(21,27)28)18-8-7-17(30-18)14-3-5-15(6-4-14)23-20(26)16-12-22-13-29-16/h3-8,12-13H,1-2,9-11H2,(H,23,26)(H,24,25)/t21-/m0/s1. The first-order chi connectivity index (χ1) is 14.8. The zero-order valence-electron chi connectivity index (χ0n) is 16.4. The van der Waals surface area contributed by atoms with Crippen molar-refractivity contribution in [1.29, 1.82) is 0 Å². The molecule has 0 bridgehead atoms. The first kappa shape index (κ1) is 21.3. The molecule has 0 aliphatic carbocycles. The van der Waals surface area contributed by atoms with Crippen molar-refractivity contribution in [3.63, 3.8) is 0 Å². The van der Waals surface area contributed by atoms with Crippen LogP contribution in [0.3, 0.4) is 0 Å². The largest absolute Gasteiger partial charge is 0.481 e. The van der Waals surface area contributed by atoms with Gasteiger partial charge < -0.3 is 14.8 Å². The summed E-state index contributed by atoms with van der Waals surface area (Å²) in [4.78, 5) is 28.7. The van der Waals surface area contributed by atoms with E-state index in [4.69, 9.17) is 4.42 Å². The van der Waals surface area contributed by atoms with Gasteiger partial charge in [-0.25, -0.2) is 13.4 Å². The minimum absolute atomic E-state index is 0.00704. The van der Waals surface area contributed by atoms with E-state index < -0.39 is 32.9 Å². The minimum Gasteiger partial charge on any atom is -0.481 e. The molecule has 0 radical (unpaired) electrons. The van der Waals surface area contributed by atoms with Crippen LogP contribution in [0.2, 0.25) is 0 Å². The van der Waals surface area contributed by atoms with E-state index in [1.165, 1.54) is 23.9 Å². The number of oxazole rings is 1. The number of thiophene rings is 1. The summed E-state index contributed by atoms with van der Waals surface area (Å²) in [5.74, 6) is -1.42. The number of carboxylic acid groups (broad SMARTS) is 1. The fraction of sp³-hybridized carbons (Fsp3) is 0.286. The maximum Gasteiger partial charge on any atom is 0.305 e. The Hall–Kier alpha value is -2.98. The minimum atomic E-state index is -3.58. The third-order valence-electron chi connectivity index (χ3n) is 5.41. The molecule has 162 valence electrons. The Kier molecular flexibility index (Phi) is 5.67. The molecule has 10 heteroatoms. The van der Waals surface area contributed by atoms with Crippen molar-refractivity contribution >= 4 is 38.7 Å². The maximum atomic E-state index is 12.9. The topological polar surface area (TPSA) is 127 Å². The van der Waals surface area contributed by atoms with E-state index in [9.17, 15) is 23.1 Å². The number of nitrogens with zero attached hydrogens (tertiary/aromatic N) is 1. The number of hydrogen-bond acceptors (Lipinski definition) is 7. The first-order valence-corrected chi connectivity index (χ1v) is 12.1. The van der Waals surface area contributed by atoms with Crippen molar-refractivity contribution in [2.75, 3.05) is 11.1 Å². The van der Waals surface area contributed by atoms with E-state index >= 15 is 0 Å². The molecule has 2 aromatic heterocycles. The molecule has 1 fully saturated rings. The fourth-order valence-corrected chi connectivity index (χ4v) is 7.61. The molecular formula is C21H20N2O6S2. The number of carbonyl (C=O) groups excluding carboxylic acids is 1. The third kappa shape index (κ3) is 4.13. The quantitative estimate of drug-likeness (QED) is 0.571. The van der Waals surface area contributed by atoms with Gasteiger partial charge in [0.25, 0.3) is 5.91 Å². The molecule has 8 nitrogen and oxygen atoms in total. The molecule has 2 N–H and O–H groups in total. The Morgan fingerprint density at radius 2 is 1.94 bits per heavy atom. The van der Waals surface area contributed by atoms with Gasteiger partial charge in [0.1, 0.15) is 4.75 Å². The zero-order valence-corrected chi connectivity index (χ0v) is 18.0. The van der Waals surface area contributed by atoms with Crippen molar-refractivity contribution in [2.24, 2.45) is 0 Å². The molecule has 31 heavy (non-hydrogen) atoms. The summed E-state index contributed by atoms with van der Waals surface area (Å²) in [5, 5.41) is 12.1. The molecule has 1 aromatic carbocycles. The SMILES string of the molecule is O=C(O)C[C@]1(c2ccc(-c3ccc(NC(=O)c4cnco4)cc3)s2)CCCCS1(=O)=O. The van der Waals surface area contributed by atoms with Crippen molar-refractivity contribution in [1.82, 2.24) is 4.98 Å². The number of rotatable bonds is 6. The van der Waals surface area contributed by atoms with Gasteiger partial charge in [0.05, 0.1) is 18.4 Å². The van der Waals surface area contributed by atoms with Crippen LogP contribution in [0.1, 0.15) is 41.1 Å².